The van der Waals surface area contributed by atoms with Crippen LogP contribution in [0.2, 0.25) is 0 Å². The van der Waals surface area contributed by atoms with Gasteiger partial charge in [0.2, 0.25) is 6.29 Å². The Balaban J connectivity index is 2.40. The van der Waals surface area contributed by atoms with Crippen LogP contribution in [-0.4, -0.2) is 43.1 Å². The molecule has 6 heteroatoms. The summed E-state index contributed by atoms with van der Waals surface area (Å²) in [6.45, 7) is 8.52. The largest absolute Gasteiger partial charge is 0.447 e. The van der Waals surface area contributed by atoms with Gasteiger partial charge in [0.05, 0.1) is 12.2 Å². The molecule has 1 rings (SSSR count). The zero-order valence-corrected chi connectivity index (χ0v) is 10.8. The van der Waals surface area contributed by atoms with Gasteiger partial charge in [-0.25, -0.2) is 9.59 Å². The Kier molecular flexibility index (Phi) is 5.30. The highest BCUT2D eigenvalue weighted by Crippen LogP contribution is 2.15. The van der Waals surface area contributed by atoms with E-state index in [1.807, 2.05) is 13.8 Å². The van der Waals surface area contributed by atoms with E-state index < -0.39 is 24.3 Å². The second-order valence-electron chi connectivity index (χ2n) is 4.03. The summed E-state index contributed by atoms with van der Waals surface area (Å²) in [5, 5.41) is 0. The maximum atomic E-state index is 11.6. The number of ether oxygens (including phenoxy) is 4. The standard InChI is InChI=1S/C12H18O6/c1-5-10(13)16-9(4)12(14)18-11-6-15-7(2)8(3)17-11/h5,7-9,11H,1,6H2,2-4H3. The van der Waals surface area contributed by atoms with Crippen molar-refractivity contribution in [1.82, 2.24) is 0 Å². The van der Waals surface area contributed by atoms with Crippen molar-refractivity contribution in [2.24, 2.45) is 0 Å². The summed E-state index contributed by atoms with van der Waals surface area (Å²) in [7, 11) is 0. The highest BCUT2D eigenvalue weighted by Gasteiger charge is 2.30. The van der Waals surface area contributed by atoms with Crippen molar-refractivity contribution >= 4 is 11.9 Å². The lowest BCUT2D eigenvalue weighted by atomic mass is 10.2. The van der Waals surface area contributed by atoms with Crippen LogP contribution in [0.1, 0.15) is 20.8 Å². The lowest BCUT2D eigenvalue weighted by Crippen LogP contribution is -2.43. The van der Waals surface area contributed by atoms with E-state index in [0.29, 0.717) is 0 Å². The molecule has 4 atom stereocenters. The molecule has 0 N–H and O–H groups in total. The van der Waals surface area contributed by atoms with E-state index in [1.54, 1.807) is 0 Å². The first-order valence-corrected chi connectivity index (χ1v) is 5.74. The Morgan fingerprint density at radius 3 is 2.61 bits per heavy atom. The third-order valence-corrected chi connectivity index (χ3v) is 2.56. The van der Waals surface area contributed by atoms with Gasteiger partial charge in [0.15, 0.2) is 6.10 Å². The fraction of sp³-hybridized carbons (Fsp3) is 0.667. The van der Waals surface area contributed by atoms with Gasteiger partial charge >= 0.3 is 11.9 Å². The fourth-order valence-corrected chi connectivity index (χ4v) is 1.31. The van der Waals surface area contributed by atoms with E-state index in [0.717, 1.165) is 6.08 Å². The normalized spacial score (nSPS) is 29.2. The molecule has 102 valence electrons. The molecule has 1 saturated heterocycles. The first kappa shape index (κ1) is 14.7. The van der Waals surface area contributed by atoms with E-state index in [9.17, 15) is 9.59 Å². The third kappa shape index (κ3) is 4.12. The van der Waals surface area contributed by atoms with E-state index in [2.05, 4.69) is 6.58 Å². The summed E-state index contributed by atoms with van der Waals surface area (Å²) in [5.74, 6) is -1.36. The molecule has 0 radical (unpaired) electrons. The molecule has 0 aromatic heterocycles. The molecule has 0 aliphatic carbocycles. The van der Waals surface area contributed by atoms with Gasteiger partial charge < -0.3 is 18.9 Å². The molecule has 1 fully saturated rings. The van der Waals surface area contributed by atoms with Crippen LogP contribution in [-0.2, 0) is 28.5 Å². The molecule has 6 nitrogen and oxygen atoms in total. The van der Waals surface area contributed by atoms with Crippen LogP contribution in [0.5, 0.6) is 0 Å². The molecule has 0 bridgehead atoms. The molecule has 0 aromatic carbocycles. The average Bonchev–Trinajstić information content (AvgIpc) is 2.33. The monoisotopic (exact) mass is 258 g/mol. The minimum Gasteiger partial charge on any atom is -0.447 e. The Morgan fingerprint density at radius 2 is 2.06 bits per heavy atom. The summed E-state index contributed by atoms with van der Waals surface area (Å²) in [6, 6.07) is 0. The molecular weight excluding hydrogens is 240 g/mol. The van der Waals surface area contributed by atoms with Crippen LogP contribution < -0.4 is 0 Å². The number of rotatable bonds is 4. The van der Waals surface area contributed by atoms with Crippen LogP contribution in [0, 0.1) is 0 Å². The molecular formula is C12H18O6. The lowest BCUT2D eigenvalue weighted by Gasteiger charge is -2.32. The van der Waals surface area contributed by atoms with Gasteiger partial charge in [0.25, 0.3) is 0 Å². The second-order valence-corrected chi connectivity index (χ2v) is 4.03. The van der Waals surface area contributed by atoms with Crippen LogP contribution in [0.25, 0.3) is 0 Å². The van der Waals surface area contributed by atoms with E-state index in [-0.39, 0.29) is 18.8 Å². The molecule has 1 aliphatic heterocycles. The van der Waals surface area contributed by atoms with Crippen molar-refractivity contribution in [3.63, 3.8) is 0 Å². The van der Waals surface area contributed by atoms with Gasteiger partial charge in [-0.2, -0.15) is 0 Å². The smallest absolute Gasteiger partial charge is 0.349 e. The summed E-state index contributed by atoms with van der Waals surface area (Å²) in [4.78, 5) is 22.5. The molecule has 18 heavy (non-hydrogen) atoms. The van der Waals surface area contributed by atoms with Crippen molar-refractivity contribution in [2.75, 3.05) is 6.61 Å². The van der Waals surface area contributed by atoms with Gasteiger partial charge in [-0.15, -0.1) is 0 Å². The highest BCUT2D eigenvalue weighted by atomic mass is 16.7. The van der Waals surface area contributed by atoms with Gasteiger partial charge in [-0.05, 0) is 20.8 Å². The van der Waals surface area contributed by atoms with Crippen molar-refractivity contribution in [1.29, 1.82) is 0 Å². The number of carbonyl (C=O) groups is 2. The highest BCUT2D eigenvalue weighted by molar-refractivity contribution is 5.85. The van der Waals surface area contributed by atoms with E-state index in [1.165, 1.54) is 6.92 Å². The third-order valence-electron chi connectivity index (χ3n) is 2.56. The van der Waals surface area contributed by atoms with Gasteiger partial charge in [-0.1, -0.05) is 6.58 Å². The maximum absolute atomic E-state index is 11.6. The summed E-state index contributed by atoms with van der Waals surface area (Å²) < 4.78 is 20.5. The molecule has 4 unspecified atom stereocenters. The van der Waals surface area contributed by atoms with Gasteiger partial charge in [-0.3, -0.25) is 0 Å². The number of hydrogen-bond acceptors (Lipinski definition) is 6. The zero-order valence-electron chi connectivity index (χ0n) is 10.8. The van der Waals surface area contributed by atoms with Crippen molar-refractivity contribution in [3.8, 4) is 0 Å². The molecule has 0 saturated carbocycles. The summed E-state index contributed by atoms with van der Waals surface area (Å²) in [6.07, 6.45) is -1.01. The van der Waals surface area contributed by atoms with Crippen molar-refractivity contribution < 1.29 is 28.5 Å². The molecule has 1 aliphatic rings. The van der Waals surface area contributed by atoms with Crippen LogP contribution in [0.3, 0.4) is 0 Å². The van der Waals surface area contributed by atoms with Crippen molar-refractivity contribution in [3.05, 3.63) is 12.7 Å². The Hall–Kier alpha value is -1.40. The van der Waals surface area contributed by atoms with Gasteiger partial charge in [0, 0.05) is 6.08 Å². The minimum atomic E-state index is -1.01. The van der Waals surface area contributed by atoms with E-state index in [4.69, 9.17) is 18.9 Å². The zero-order chi connectivity index (χ0) is 13.7. The first-order chi connectivity index (χ1) is 8.43. The Bertz CT molecular complexity index is 327. The number of hydrogen-bond donors (Lipinski definition) is 0. The topological polar surface area (TPSA) is 71.1 Å². The predicted molar refractivity (Wildman–Crippen MR) is 61.6 cm³/mol. The second kappa shape index (κ2) is 6.51. The predicted octanol–water partition coefficient (Wildman–Crippen LogP) is 0.797. The Morgan fingerprint density at radius 1 is 1.39 bits per heavy atom. The van der Waals surface area contributed by atoms with Crippen molar-refractivity contribution in [2.45, 2.75) is 45.4 Å². The summed E-state index contributed by atoms with van der Waals surface area (Å²) >= 11 is 0. The maximum Gasteiger partial charge on any atom is 0.349 e. The Labute approximate surface area is 106 Å². The number of carbonyl (C=O) groups excluding carboxylic acids is 2. The van der Waals surface area contributed by atoms with Crippen LogP contribution >= 0.6 is 0 Å². The summed E-state index contributed by atoms with van der Waals surface area (Å²) in [5.41, 5.74) is 0. The average molecular weight is 258 g/mol. The van der Waals surface area contributed by atoms with Gasteiger partial charge in [0.1, 0.15) is 6.61 Å². The van der Waals surface area contributed by atoms with Crippen LogP contribution in [0.15, 0.2) is 12.7 Å². The quantitative estimate of drug-likeness (QED) is 0.548. The SMILES string of the molecule is C=CC(=O)OC(C)C(=O)OC1COC(C)C(C)O1. The molecule has 0 aromatic rings. The van der Waals surface area contributed by atoms with Crippen LogP contribution in [0.4, 0.5) is 0 Å². The fourth-order valence-electron chi connectivity index (χ4n) is 1.31. The lowest BCUT2D eigenvalue weighted by molar-refractivity contribution is -0.256. The molecule has 1 heterocycles. The minimum absolute atomic E-state index is 0.0454. The molecule has 0 amide bonds. The first-order valence-electron chi connectivity index (χ1n) is 5.74. The number of esters is 2. The molecule has 0 spiro atoms. The van der Waals surface area contributed by atoms with E-state index >= 15 is 0 Å².